The molecule has 9 heavy (non-hydrogen) atoms. The number of aliphatic hydroxyl groups is 1. The van der Waals surface area contributed by atoms with Gasteiger partial charge in [0.25, 0.3) is 0 Å². The van der Waals surface area contributed by atoms with Gasteiger partial charge in [-0.3, -0.25) is 0 Å². The zero-order valence-corrected chi connectivity index (χ0v) is 6.35. The van der Waals surface area contributed by atoms with Crippen molar-refractivity contribution in [3.63, 3.8) is 0 Å². The van der Waals surface area contributed by atoms with Crippen LogP contribution in [0, 0.1) is 0 Å². The van der Waals surface area contributed by atoms with Crippen LogP contribution in [0.25, 0.3) is 0 Å². The van der Waals surface area contributed by atoms with E-state index in [4.69, 9.17) is 5.11 Å². The first-order valence-corrected chi connectivity index (χ1v) is 3.63. The molecular weight excluding hydrogens is 112 g/mol. The maximum atomic E-state index is 8.55. The Morgan fingerprint density at radius 2 is 2.11 bits per heavy atom. The van der Waals surface area contributed by atoms with Crippen LogP contribution >= 0.6 is 0 Å². The average Bonchev–Trinajstić information content (AvgIpc) is 1.88. The lowest BCUT2D eigenvalue weighted by Crippen LogP contribution is -1.86. The zero-order chi connectivity index (χ0) is 7.11. The molecule has 1 nitrogen and oxygen atoms in total. The minimum Gasteiger partial charge on any atom is -0.396 e. The molecule has 0 aromatic heterocycles. The highest BCUT2D eigenvalue weighted by molar-refractivity contribution is 5.00. The largest absolute Gasteiger partial charge is 0.396 e. The van der Waals surface area contributed by atoms with Gasteiger partial charge in [-0.25, -0.2) is 0 Å². The van der Waals surface area contributed by atoms with E-state index in [0.29, 0.717) is 6.61 Å². The van der Waals surface area contributed by atoms with Crippen LogP contribution in [0.5, 0.6) is 0 Å². The van der Waals surface area contributed by atoms with Gasteiger partial charge in [-0.05, 0) is 19.3 Å². The van der Waals surface area contributed by atoms with Gasteiger partial charge in [0, 0.05) is 6.61 Å². The Morgan fingerprint density at radius 3 is 2.44 bits per heavy atom. The SMILES string of the molecule is CCC=C(CC)CCO. The highest BCUT2D eigenvalue weighted by Gasteiger charge is 1.89. The summed E-state index contributed by atoms with van der Waals surface area (Å²) in [6, 6.07) is 0. The Hall–Kier alpha value is -0.300. The molecule has 0 spiro atoms. The molecule has 0 aliphatic heterocycles. The molecule has 54 valence electrons. The van der Waals surface area contributed by atoms with E-state index in [1.165, 1.54) is 5.57 Å². The number of aliphatic hydroxyl groups excluding tert-OH is 1. The monoisotopic (exact) mass is 128 g/mol. The van der Waals surface area contributed by atoms with E-state index in [-0.39, 0.29) is 0 Å². The van der Waals surface area contributed by atoms with Crippen LogP contribution in [0.15, 0.2) is 11.6 Å². The van der Waals surface area contributed by atoms with Crippen molar-refractivity contribution < 1.29 is 5.11 Å². The summed E-state index contributed by atoms with van der Waals surface area (Å²) in [6.07, 6.45) is 5.21. The minimum absolute atomic E-state index is 0.291. The summed E-state index contributed by atoms with van der Waals surface area (Å²) in [6.45, 7) is 4.53. The third-order valence-electron chi connectivity index (χ3n) is 1.38. The Bertz CT molecular complexity index is 84.6. The van der Waals surface area contributed by atoms with Crippen molar-refractivity contribution in [3.05, 3.63) is 11.6 Å². The van der Waals surface area contributed by atoms with Crippen LogP contribution in [0.2, 0.25) is 0 Å². The molecule has 0 fully saturated rings. The summed E-state index contributed by atoms with van der Waals surface area (Å²) in [5.74, 6) is 0. The summed E-state index contributed by atoms with van der Waals surface area (Å²) in [5.41, 5.74) is 1.38. The van der Waals surface area contributed by atoms with Gasteiger partial charge in [0.15, 0.2) is 0 Å². The van der Waals surface area contributed by atoms with Gasteiger partial charge < -0.3 is 5.11 Å². The van der Waals surface area contributed by atoms with E-state index < -0.39 is 0 Å². The highest BCUT2D eigenvalue weighted by atomic mass is 16.2. The molecule has 0 atom stereocenters. The summed E-state index contributed by atoms with van der Waals surface area (Å²) in [4.78, 5) is 0. The van der Waals surface area contributed by atoms with Crippen molar-refractivity contribution in [2.75, 3.05) is 6.61 Å². The molecule has 0 bridgehead atoms. The zero-order valence-electron chi connectivity index (χ0n) is 6.35. The van der Waals surface area contributed by atoms with E-state index in [1.54, 1.807) is 0 Å². The van der Waals surface area contributed by atoms with E-state index in [9.17, 15) is 0 Å². The summed E-state index contributed by atoms with van der Waals surface area (Å²) in [7, 11) is 0. The second-order valence-corrected chi connectivity index (χ2v) is 2.10. The first kappa shape index (κ1) is 8.70. The predicted molar refractivity (Wildman–Crippen MR) is 40.4 cm³/mol. The molecule has 0 rings (SSSR count). The fraction of sp³-hybridized carbons (Fsp3) is 0.750. The van der Waals surface area contributed by atoms with Crippen molar-refractivity contribution in [1.82, 2.24) is 0 Å². The van der Waals surface area contributed by atoms with E-state index in [2.05, 4.69) is 19.9 Å². The lowest BCUT2D eigenvalue weighted by atomic mass is 10.1. The molecule has 0 radical (unpaired) electrons. The number of rotatable bonds is 4. The van der Waals surface area contributed by atoms with Gasteiger partial charge in [0.05, 0.1) is 0 Å². The van der Waals surface area contributed by atoms with E-state index in [0.717, 1.165) is 19.3 Å². The lowest BCUT2D eigenvalue weighted by molar-refractivity contribution is 0.298. The summed E-state index contributed by atoms with van der Waals surface area (Å²) < 4.78 is 0. The van der Waals surface area contributed by atoms with Crippen LogP contribution in [-0.2, 0) is 0 Å². The number of hydrogen-bond acceptors (Lipinski definition) is 1. The molecule has 0 aliphatic carbocycles. The first-order chi connectivity index (χ1) is 4.35. The standard InChI is InChI=1S/C8H16O/c1-3-5-8(4-2)6-7-9/h5,9H,3-4,6-7H2,1-2H3. The van der Waals surface area contributed by atoms with Gasteiger partial charge >= 0.3 is 0 Å². The minimum atomic E-state index is 0.291. The van der Waals surface area contributed by atoms with Crippen molar-refractivity contribution in [2.45, 2.75) is 33.1 Å². The fourth-order valence-corrected chi connectivity index (χ4v) is 0.855. The quantitative estimate of drug-likeness (QED) is 0.575. The van der Waals surface area contributed by atoms with Gasteiger partial charge in [0.1, 0.15) is 0 Å². The predicted octanol–water partition coefficient (Wildman–Crippen LogP) is 2.12. The molecule has 0 aliphatic rings. The van der Waals surface area contributed by atoms with Crippen molar-refractivity contribution in [3.8, 4) is 0 Å². The molecule has 0 amide bonds. The molecule has 0 aromatic carbocycles. The van der Waals surface area contributed by atoms with Gasteiger partial charge in [-0.15, -0.1) is 0 Å². The maximum Gasteiger partial charge on any atom is 0.0468 e. The van der Waals surface area contributed by atoms with Crippen molar-refractivity contribution in [2.24, 2.45) is 0 Å². The smallest absolute Gasteiger partial charge is 0.0468 e. The third-order valence-corrected chi connectivity index (χ3v) is 1.38. The summed E-state index contributed by atoms with van der Waals surface area (Å²) in [5, 5.41) is 8.55. The molecular formula is C8H16O. The Labute approximate surface area is 57.4 Å². The van der Waals surface area contributed by atoms with Crippen LogP contribution in [0.4, 0.5) is 0 Å². The van der Waals surface area contributed by atoms with E-state index in [1.807, 2.05) is 0 Å². The Kier molecular flexibility index (Phi) is 5.64. The van der Waals surface area contributed by atoms with Crippen LogP contribution in [0.1, 0.15) is 33.1 Å². The molecule has 0 saturated heterocycles. The third kappa shape index (κ3) is 4.22. The average molecular weight is 128 g/mol. The van der Waals surface area contributed by atoms with Crippen LogP contribution in [0.3, 0.4) is 0 Å². The Morgan fingerprint density at radius 1 is 1.44 bits per heavy atom. The number of hydrogen-bond donors (Lipinski definition) is 1. The van der Waals surface area contributed by atoms with Crippen LogP contribution < -0.4 is 0 Å². The van der Waals surface area contributed by atoms with Crippen molar-refractivity contribution >= 4 is 0 Å². The molecule has 0 heterocycles. The molecule has 1 heteroatoms. The number of allylic oxidation sites excluding steroid dienone is 1. The van der Waals surface area contributed by atoms with Gasteiger partial charge in [0.2, 0.25) is 0 Å². The van der Waals surface area contributed by atoms with Gasteiger partial charge in [-0.1, -0.05) is 25.5 Å². The van der Waals surface area contributed by atoms with Crippen LogP contribution in [-0.4, -0.2) is 11.7 Å². The molecule has 0 saturated carbocycles. The lowest BCUT2D eigenvalue weighted by Gasteiger charge is -1.98. The second-order valence-electron chi connectivity index (χ2n) is 2.10. The molecule has 1 N–H and O–H groups in total. The van der Waals surface area contributed by atoms with Crippen molar-refractivity contribution in [1.29, 1.82) is 0 Å². The Balaban J connectivity index is 3.53. The van der Waals surface area contributed by atoms with Gasteiger partial charge in [-0.2, -0.15) is 0 Å². The topological polar surface area (TPSA) is 20.2 Å². The second kappa shape index (κ2) is 5.83. The molecule has 0 unspecified atom stereocenters. The summed E-state index contributed by atoms with van der Waals surface area (Å²) >= 11 is 0. The molecule has 0 aromatic rings. The van der Waals surface area contributed by atoms with E-state index >= 15 is 0 Å². The highest BCUT2D eigenvalue weighted by Crippen LogP contribution is 2.05. The maximum absolute atomic E-state index is 8.55. The normalized spacial score (nSPS) is 12.1. The first-order valence-electron chi connectivity index (χ1n) is 3.63. The fourth-order valence-electron chi connectivity index (χ4n) is 0.855.